The van der Waals surface area contributed by atoms with E-state index < -0.39 is 0 Å². The number of hydrogen-bond acceptors (Lipinski definition) is 4. The third-order valence-corrected chi connectivity index (χ3v) is 3.59. The number of nitrogens with zero attached hydrogens (tertiary/aromatic N) is 1. The van der Waals surface area contributed by atoms with Crippen LogP contribution in [0.3, 0.4) is 0 Å². The fraction of sp³-hybridized carbons (Fsp3) is 0.353. The molecule has 0 radical (unpaired) electrons. The van der Waals surface area contributed by atoms with Gasteiger partial charge in [-0.1, -0.05) is 30.3 Å². The van der Waals surface area contributed by atoms with Crippen molar-refractivity contribution in [2.45, 2.75) is 25.5 Å². The third kappa shape index (κ3) is 4.03. The molecule has 2 rings (SSSR count). The molecule has 2 aromatic rings. The Bertz CT molecular complexity index is 545. The maximum atomic E-state index is 6.03. The van der Waals surface area contributed by atoms with Crippen LogP contribution in [0.15, 0.2) is 48.8 Å². The van der Waals surface area contributed by atoms with Crippen LogP contribution in [0, 0.1) is 0 Å². The van der Waals surface area contributed by atoms with Gasteiger partial charge in [0.1, 0.15) is 0 Å². The summed E-state index contributed by atoms with van der Waals surface area (Å²) in [5.41, 5.74) is 9.01. The number of nitrogen functional groups attached to an aromatic ring is 1. The highest BCUT2D eigenvalue weighted by Gasteiger charge is 2.23. The van der Waals surface area contributed by atoms with E-state index in [1.54, 1.807) is 6.20 Å². The molecule has 2 unspecified atom stereocenters. The van der Waals surface area contributed by atoms with Crippen molar-refractivity contribution >= 4 is 5.69 Å². The number of rotatable bonds is 7. The van der Waals surface area contributed by atoms with Gasteiger partial charge in [0.05, 0.1) is 6.10 Å². The molecule has 1 aromatic heterocycles. The SMILES string of the molecule is CCOC(c1ccccc1)C(Cc1cnccc1N)NC. The van der Waals surface area contributed by atoms with Gasteiger partial charge < -0.3 is 15.8 Å². The zero-order chi connectivity index (χ0) is 15.1. The van der Waals surface area contributed by atoms with Crippen LogP contribution >= 0.6 is 0 Å². The Morgan fingerprint density at radius 2 is 2.00 bits per heavy atom. The first kappa shape index (κ1) is 15.5. The van der Waals surface area contributed by atoms with E-state index in [0.717, 1.165) is 17.7 Å². The molecule has 0 spiro atoms. The summed E-state index contributed by atoms with van der Waals surface area (Å²) in [4.78, 5) is 4.16. The largest absolute Gasteiger partial charge is 0.398 e. The van der Waals surface area contributed by atoms with Crippen LogP contribution in [0.4, 0.5) is 5.69 Å². The first-order valence-electron chi connectivity index (χ1n) is 7.28. The van der Waals surface area contributed by atoms with Gasteiger partial charge >= 0.3 is 0 Å². The van der Waals surface area contributed by atoms with Crippen LogP contribution in [0.25, 0.3) is 0 Å². The summed E-state index contributed by atoms with van der Waals surface area (Å²) >= 11 is 0. The molecule has 21 heavy (non-hydrogen) atoms. The van der Waals surface area contributed by atoms with Crippen molar-refractivity contribution in [3.63, 3.8) is 0 Å². The van der Waals surface area contributed by atoms with Crippen molar-refractivity contribution in [1.82, 2.24) is 10.3 Å². The first-order valence-corrected chi connectivity index (χ1v) is 7.28. The van der Waals surface area contributed by atoms with Gasteiger partial charge in [-0.3, -0.25) is 4.98 Å². The second-order valence-electron chi connectivity index (χ2n) is 4.96. The highest BCUT2D eigenvalue weighted by Crippen LogP contribution is 2.25. The molecule has 0 bridgehead atoms. The highest BCUT2D eigenvalue weighted by atomic mass is 16.5. The van der Waals surface area contributed by atoms with E-state index in [-0.39, 0.29) is 12.1 Å². The predicted octanol–water partition coefficient (Wildman–Crippen LogP) is 2.57. The third-order valence-electron chi connectivity index (χ3n) is 3.59. The monoisotopic (exact) mass is 285 g/mol. The predicted molar refractivity (Wildman–Crippen MR) is 86.0 cm³/mol. The van der Waals surface area contributed by atoms with Gasteiger partial charge in [0, 0.05) is 30.7 Å². The van der Waals surface area contributed by atoms with Crippen molar-refractivity contribution in [2.75, 3.05) is 19.4 Å². The summed E-state index contributed by atoms with van der Waals surface area (Å²) in [5.74, 6) is 0. The molecule has 0 saturated carbocycles. The molecule has 4 nitrogen and oxygen atoms in total. The molecule has 0 fully saturated rings. The summed E-state index contributed by atoms with van der Waals surface area (Å²) in [7, 11) is 1.95. The lowest BCUT2D eigenvalue weighted by Gasteiger charge is -2.27. The minimum absolute atomic E-state index is 0.0131. The molecule has 0 aliphatic carbocycles. The lowest BCUT2D eigenvalue weighted by molar-refractivity contribution is 0.0352. The fourth-order valence-corrected chi connectivity index (χ4v) is 2.47. The summed E-state index contributed by atoms with van der Waals surface area (Å²) in [6.07, 6.45) is 4.30. The summed E-state index contributed by atoms with van der Waals surface area (Å²) < 4.78 is 5.97. The number of nitrogens with one attached hydrogen (secondary N) is 1. The number of benzene rings is 1. The van der Waals surface area contributed by atoms with E-state index in [1.807, 2.05) is 44.4 Å². The number of ether oxygens (including phenoxy) is 1. The van der Waals surface area contributed by atoms with Crippen molar-refractivity contribution in [2.24, 2.45) is 0 Å². The van der Waals surface area contributed by atoms with Crippen LogP contribution in [0.5, 0.6) is 0 Å². The molecule has 0 aliphatic rings. The average Bonchev–Trinajstić information content (AvgIpc) is 2.53. The van der Waals surface area contributed by atoms with Crippen molar-refractivity contribution in [1.29, 1.82) is 0 Å². The lowest BCUT2D eigenvalue weighted by Crippen LogP contribution is -2.36. The molecule has 0 amide bonds. The van der Waals surface area contributed by atoms with E-state index in [1.165, 1.54) is 5.56 Å². The molecule has 112 valence electrons. The number of hydrogen-bond donors (Lipinski definition) is 2. The topological polar surface area (TPSA) is 60.2 Å². The summed E-state index contributed by atoms with van der Waals surface area (Å²) in [5, 5.41) is 3.35. The second-order valence-corrected chi connectivity index (χ2v) is 4.96. The summed E-state index contributed by atoms with van der Waals surface area (Å²) in [6.45, 7) is 2.68. The molecular weight excluding hydrogens is 262 g/mol. The van der Waals surface area contributed by atoms with E-state index in [0.29, 0.717) is 6.61 Å². The van der Waals surface area contributed by atoms with Crippen molar-refractivity contribution in [3.8, 4) is 0 Å². The van der Waals surface area contributed by atoms with Crippen LogP contribution in [-0.2, 0) is 11.2 Å². The van der Waals surface area contributed by atoms with Gasteiger partial charge in [-0.15, -0.1) is 0 Å². The van der Waals surface area contributed by atoms with E-state index in [4.69, 9.17) is 10.5 Å². The van der Waals surface area contributed by atoms with Crippen LogP contribution in [0.2, 0.25) is 0 Å². The van der Waals surface area contributed by atoms with Gasteiger partial charge in [-0.05, 0) is 37.6 Å². The lowest BCUT2D eigenvalue weighted by atomic mass is 9.96. The Kier molecular flexibility index (Phi) is 5.72. The van der Waals surface area contributed by atoms with Gasteiger partial charge in [-0.25, -0.2) is 0 Å². The van der Waals surface area contributed by atoms with Gasteiger partial charge in [0.2, 0.25) is 0 Å². The first-order chi connectivity index (χ1) is 10.3. The molecule has 1 aromatic carbocycles. The maximum Gasteiger partial charge on any atom is 0.0980 e. The molecule has 3 N–H and O–H groups in total. The molecule has 0 saturated heterocycles. The van der Waals surface area contributed by atoms with Crippen molar-refractivity contribution in [3.05, 3.63) is 59.9 Å². The van der Waals surface area contributed by atoms with E-state index >= 15 is 0 Å². The Labute approximate surface area is 126 Å². The fourth-order valence-electron chi connectivity index (χ4n) is 2.47. The normalized spacial score (nSPS) is 13.8. The molecular formula is C17H23N3O. The minimum atomic E-state index is -0.0131. The Hall–Kier alpha value is -1.91. The zero-order valence-electron chi connectivity index (χ0n) is 12.6. The highest BCUT2D eigenvalue weighted by molar-refractivity contribution is 5.44. The van der Waals surface area contributed by atoms with E-state index in [9.17, 15) is 0 Å². The maximum absolute atomic E-state index is 6.03. The van der Waals surface area contributed by atoms with Gasteiger partial charge in [0.25, 0.3) is 0 Å². The Morgan fingerprint density at radius 3 is 2.62 bits per heavy atom. The van der Waals surface area contributed by atoms with Crippen molar-refractivity contribution < 1.29 is 4.74 Å². The standard InChI is InChI=1S/C17H23N3O/c1-3-21-17(13-7-5-4-6-8-13)16(19-2)11-14-12-20-10-9-15(14)18/h4-10,12,16-17,19H,3,11H2,1-2H3,(H2,18,20). The average molecular weight is 285 g/mol. The molecule has 4 heteroatoms. The number of pyridine rings is 1. The number of likely N-dealkylation sites (N-methyl/N-ethyl adjacent to an activating group) is 1. The van der Waals surface area contributed by atoms with Crippen LogP contribution < -0.4 is 11.1 Å². The van der Waals surface area contributed by atoms with Gasteiger partial charge in [0.15, 0.2) is 0 Å². The van der Waals surface area contributed by atoms with Gasteiger partial charge in [-0.2, -0.15) is 0 Å². The zero-order valence-corrected chi connectivity index (χ0v) is 12.6. The number of anilines is 1. The molecule has 2 atom stereocenters. The molecule has 0 aliphatic heterocycles. The van der Waals surface area contributed by atoms with Crippen LogP contribution in [-0.4, -0.2) is 24.7 Å². The summed E-state index contributed by atoms with van der Waals surface area (Å²) in [6, 6.07) is 12.2. The Morgan fingerprint density at radius 1 is 1.24 bits per heavy atom. The number of aromatic nitrogens is 1. The molecule has 1 heterocycles. The van der Waals surface area contributed by atoms with Crippen LogP contribution in [0.1, 0.15) is 24.2 Å². The number of nitrogens with two attached hydrogens (primary N) is 1. The second kappa shape index (κ2) is 7.76. The minimum Gasteiger partial charge on any atom is -0.398 e. The quantitative estimate of drug-likeness (QED) is 0.821. The smallest absolute Gasteiger partial charge is 0.0980 e. The Balaban J connectivity index is 2.22. The van der Waals surface area contributed by atoms with E-state index in [2.05, 4.69) is 22.4 Å².